The van der Waals surface area contributed by atoms with Crippen molar-refractivity contribution in [1.29, 1.82) is 0 Å². The Morgan fingerprint density at radius 2 is 1.92 bits per heavy atom. The first-order chi connectivity index (χ1) is 17.4. The molecule has 0 unspecified atom stereocenters. The van der Waals surface area contributed by atoms with E-state index in [-0.39, 0.29) is 30.7 Å². The summed E-state index contributed by atoms with van der Waals surface area (Å²) in [5.74, 6) is -0.0771. The zero-order valence-electron chi connectivity index (χ0n) is 20.2. The number of aromatic nitrogens is 4. The first kappa shape index (κ1) is 24.8. The molecule has 36 heavy (non-hydrogen) atoms. The number of nitrogens with one attached hydrogen (secondary N) is 2. The first-order valence-corrected chi connectivity index (χ1v) is 11.7. The topological polar surface area (TPSA) is 148 Å². The smallest absolute Gasteiger partial charge is 0.270 e. The van der Waals surface area contributed by atoms with Crippen molar-refractivity contribution in [3.8, 4) is 11.4 Å². The number of anilines is 1. The van der Waals surface area contributed by atoms with Crippen LogP contribution in [-0.2, 0) is 6.54 Å². The monoisotopic (exact) mass is 487 g/mol. The molecular weight excluding hydrogens is 458 g/mol. The van der Waals surface area contributed by atoms with E-state index in [1.54, 1.807) is 65.5 Å². The van der Waals surface area contributed by atoms with Crippen molar-refractivity contribution in [2.45, 2.75) is 32.9 Å². The van der Waals surface area contributed by atoms with Gasteiger partial charge in [-0.2, -0.15) is 0 Å². The fourth-order valence-corrected chi connectivity index (χ4v) is 3.96. The Bertz CT molecular complexity index is 1350. The van der Waals surface area contributed by atoms with Crippen molar-refractivity contribution in [3.05, 3.63) is 77.9 Å². The van der Waals surface area contributed by atoms with Crippen LogP contribution in [0.2, 0.25) is 0 Å². The number of nitrogens with zero attached hydrogens (tertiary/aromatic N) is 4. The number of pyridine rings is 3. The van der Waals surface area contributed by atoms with Gasteiger partial charge in [0.2, 0.25) is 0 Å². The van der Waals surface area contributed by atoms with E-state index in [9.17, 15) is 14.7 Å². The number of rotatable bonds is 9. The Morgan fingerprint density at radius 1 is 1.08 bits per heavy atom. The summed E-state index contributed by atoms with van der Waals surface area (Å²) >= 11 is 0. The highest BCUT2D eigenvalue weighted by atomic mass is 16.3. The average Bonchev–Trinajstić information content (AvgIpc) is 3.28. The predicted octanol–water partition coefficient (Wildman–Crippen LogP) is 2.44. The van der Waals surface area contributed by atoms with E-state index in [1.165, 1.54) is 0 Å². The van der Waals surface area contributed by atoms with Gasteiger partial charge in [-0.25, -0.2) is 9.97 Å². The van der Waals surface area contributed by atoms with Gasteiger partial charge in [0.05, 0.1) is 23.9 Å². The first-order valence-electron chi connectivity index (χ1n) is 11.7. The van der Waals surface area contributed by atoms with Crippen molar-refractivity contribution in [2.75, 3.05) is 12.3 Å². The highest BCUT2D eigenvalue weighted by Gasteiger charge is 2.26. The molecule has 5 N–H and O–H groups in total. The van der Waals surface area contributed by atoms with E-state index in [0.29, 0.717) is 34.8 Å². The summed E-state index contributed by atoms with van der Waals surface area (Å²) in [5.41, 5.74) is 8.12. The lowest BCUT2D eigenvalue weighted by molar-refractivity contribution is 0.0901. The van der Waals surface area contributed by atoms with Crippen molar-refractivity contribution in [1.82, 2.24) is 30.0 Å². The van der Waals surface area contributed by atoms with Gasteiger partial charge in [0.25, 0.3) is 11.8 Å². The molecule has 0 spiro atoms. The summed E-state index contributed by atoms with van der Waals surface area (Å²) < 4.78 is 1.59. The number of nitrogen functional groups attached to an aromatic ring is 1. The molecule has 10 heteroatoms. The number of carbonyl (C=O) groups is 2. The molecule has 4 rings (SSSR count). The largest absolute Gasteiger partial charge is 0.394 e. The lowest BCUT2D eigenvalue weighted by Gasteiger charge is -2.18. The number of imidazole rings is 1. The van der Waals surface area contributed by atoms with Crippen LogP contribution in [0.1, 0.15) is 46.7 Å². The molecule has 10 nitrogen and oxygen atoms in total. The summed E-state index contributed by atoms with van der Waals surface area (Å²) in [6, 6.07) is 11.7. The molecule has 0 fully saturated rings. The minimum absolute atomic E-state index is 0.187. The summed E-state index contributed by atoms with van der Waals surface area (Å²) in [6.07, 6.45) is 5.51. The molecule has 0 aliphatic heterocycles. The molecule has 4 aromatic rings. The molecule has 1 atom stereocenters. The van der Waals surface area contributed by atoms with Crippen LogP contribution in [0.4, 0.5) is 5.82 Å². The minimum Gasteiger partial charge on any atom is -0.394 e. The van der Waals surface area contributed by atoms with Crippen molar-refractivity contribution in [2.24, 2.45) is 5.92 Å². The molecule has 0 saturated heterocycles. The highest BCUT2D eigenvalue weighted by Crippen LogP contribution is 2.25. The lowest BCUT2D eigenvalue weighted by atomic mass is 10.0. The Hall–Kier alpha value is -4.31. The molecule has 4 heterocycles. The summed E-state index contributed by atoms with van der Waals surface area (Å²) in [6.45, 7) is 4.11. The molecule has 0 aliphatic rings. The second-order valence-electron chi connectivity index (χ2n) is 8.90. The molecule has 0 bridgehead atoms. The highest BCUT2D eigenvalue weighted by molar-refractivity contribution is 6.04. The van der Waals surface area contributed by atoms with Crippen LogP contribution < -0.4 is 16.4 Å². The zero-order valence-corrected chi connectivity index (χ0v) is 20.2. The average molecular weight is 488 g/mol. The molecule has 2 amide bonds. The number of aliphatic hydroxyl groups excluding tert-OH is 1. The van der Waals surface area contributed by atoms with Crippen LogP contribution in [0.3, 0.4) is 0 Å². The number of hydrogen-bond donors (Lipinski definition) is 4. The third kappa shape index (κ3) is 5.49. The van der Waals surface area contributed by atoms with Crippen molar-refractivity contribution < 1.29 is 14.7 Å². The van der Waals surface area contributed by atoms with Crippen LogP contribution in [-0.4, -0.2) is 48.9 Å². The van der Waals surface area contributed by atoms with Crippen molar-refractivity contribution in [3.63, 3.8) is 0 Å². The van der Waals surface area contributed by atoms with Gasteiger partial charge in [-0.15, -0.1) is 0 Å². The summed E-state index contributed by atoms with van der Waals surface area (Å²) in [7, 11) is 0. The molecule has 4 aromatic heterocycles. The SMILES string of the molecule is CC(C)C[C@@H](CO)NC(=O)c1c(-c2ccccn2)nc2c(C(=O)NCc3ccc(N)nc3)cccn12. The second kappa shape index (κ2) is 11.0. The Balaban J connectivity index is 1.72. The van der Waals surface area contributed by atoms with E-state index in [1.807, 2.05) is 13.8 Å². The van der Waals surface area contributed by atoms with Gasteiger partial charge in [0, 0.05) is 25.1 Å². The Morgan fingerprint density at radius 3 is 2.58 bits per heavy atom. The molecule has 0 radical (unpaired) electrons. The Labute approximate surface area is 208 Å². The van der Waals surface area contributed by atoms with E-state index < -0.39 is 11.9 Å². The van der Waals surface area contributed by atoms with Gasteiger partial charge < -0.3 is 21.5 Å². The standard InChI is InChI=1S/C26H29N7O3/c1-16(2)12-18(15-34)31-26(36)23-22(20-7-3-4-10-28-20)32-24-19(6-5-11-33(23)24)25(35)30-14-17-8-9-21(27)29-13-17/h3-11,13,16,18,34H,12,14-15H2,1-2H3,(H2,27,29)(H,30,35)(H,31,36)/t18-/m0/s1. The van der Waals surface area contributed by atoms with E-state index >= 15 is 0 Å². The maximum atomic E-state index is 13.5. The van der Waals surface area contributed by atoms with E-state index in [2.05, 4.69) is 25.6 Å². The normalized spacial score (nSPS) is 12.0. The molecule has 0 aromatic carbocycles. The summed E-state index contributed by atoms with van der Waals surface area (Å²) in [5, 5.41) is 15.6. The number of carbonyl (C=O) groups excluding carboxylic acids is 2. The van der Waals surface area contributed by atoms with Crippen LogP contribution >= 0.6 is 0 Å². The molecule has 0 aliphatic carbocycles. The number of nitrogens with two attached hydrogens (primary N) is 1. The maximum Gasteiger partial charge on any atom is 0.270 e. The summed E-state index contributed by atoms with van der Waals surface area (Å²) in [4.78, 5) is 39.6. The van der Waals surface area contributed by atoms with Gasteiger partial charge in [-0.05, 0) is 48.2 Å². The molecule has 186 valence electrons. The van der Waals surface area contributed by atoms with Gasteiger partial charge in [0.15, 0.2) is 5.65 Å². The van der Waals surface area contributed by atoms with Crippen LogP contribution in [0.15, 0.2) is 61.1 Å². The van der Waals surface area contributed by atoms with Gasteiger partial charge in [0.1, 0.15) is 17.2 Å². The minimum atomic E-state index is -0.417. The van der Waals surface area contributed by atoms with Crippen LogP contribution in [0, 0.1) is 5.92 Å². The number of amides is 2. The number of fused-ring (bicyclic) bond motifs is 1. The second-order valence-corrected chi connectivity index (χ2v) is 8.90. The number of aliphatic hydroxyl groups is 1. The predicted molar refractivity (Wildman–Crippen MR) is 136 cm³/mol. The van der Waals surface area contributed by atoms with E-state index in [4.69, 9.17) is 5.73 Å². The fourth-order valence-electron chi connectivity index (χ4n) is 3.96. The Kier molecular flexibility index (Phi) is 7.55. The maximum absolute atomic E-state index is 13.5. The quantitative estimate of drug-likeness (QED) is 0.283. The van der Waals surface area contributed by atoms with E-state index in [0.717, 1.165) is 5.56 Å². The fraction of sp³-hybridized carbons (Fsp3) is 0.269. The van der Waals surface area contributed by atoms with Gasteiger partial charge in [-0.1, -0.05) is 26.0 Å². The van der Waals surface area contributed by atoms with Gasteiger partial charge >= 0.3 is 0 Å². The van der Waals surface area contributed by atoms with Crippen LogP contribution in [0.5, 0.6) is 0 Å². The van der Waals surface area contributed by atoms with Crippen molar-refractivity contribution >= 4 is 23.3 Å². The molecule has 0 saturated carbocycles. The molecular formula is C26H29N7O3. The lowest BCUT2D eigenvalue weighted by Crippen LogP contribution is -2.39. The third-order valence-corrected chi connectivity index (χ3v) is 5.63. The van der Waals surface area contributed by atoms with Gasteiger partial charge in [-0.3, -0.25) is 19.0 Å². The van der Waals surface area contributed by atoms with Crippen LogP contribution in [0.25, 0.3) is 17.0 Å². The zero-order chi connectivity index (χ0) is 25.7. The third-order valence-electron chi connectivity index (χ3n) is 5.63. The number of hydrogen-bond acceptors (Lipinski definition) is 7.